The molecule has 26 heavy (non-hydrogen) atoms. The average Bonchev–Trinajstić information content (AvgIpc) is 2.59. The number of nitrogens with one attached hydrogen (secondary N) is 1. The third kappa shape index (κ3) is 5.82. The molecular formula is C18H21FN2O4S. The van der Waals surface area contributed by atoms with Crippen LogP contribution in [-0.2, 0) is 21.4 Å². The smallest absolute Gasteiger partial charge is 0.225 e. The first-order chi connectivity index (χ1) is 12.3. The lowest BCUT2D eigenvalue weighted by atomic mass is 10.2. The number of para-hydroxylation sites is 2. The lowest BCUT2D eigenvalue weighted by Gasteiger charge is -2.20. The van der Waals surface area contributed by atoms with Crippen LogP contribution in [0.3, 0.4) is 0 Å². The monoisotopic (exact) mass is 380 g/mol. The van der Waals surface area contributed by atoms with Gasteiger partial charge in [0.25, 0.3) is 0 Å². The molecule has 0 aliphatic carbocycles. The van der Waals surface area contributed by atoms with E-state index < -0.39 is 15.8 Å². The second-order valence-corrected chi connectivity index (χ2v) is 7.70. The predicted molar refractivity (Wildman–Crippen MR) is 97.9 cm³/mol. The highest BCUT2D eigenvalue weighted by molar-refractivity contribution is 7.88. The number of anilines is 1. The molecule has 0 saturated heterocycles. The zero-order chi connectivity index (χ0) is 19.2. The third-order valence-electron chi connectivity index (χ3n) is 3.71. The van der Waals surface area contributed by atoms with E-state index in [9.17, 15) is 17.6 Å². The van der Waals surface area contributed by atoms with Crippen molar-refractivity contribution in [2.45, 2.75) is 13.0 Å². The maximum Gasteiger partial charge on any atom is 0.225 e. The molecule has 0 unspecified atom stereocenters. The maximum atomic E-state index is 13.0. The van der Waals surface area contributed by atoms with Gasteiger partial charge in [-0.25, -0.2) is 12.8 Å². The molecule has 0 atom stereocenters. The summed E-state index contributed by atoms with van der Waals surface area (Å²) in [6.45, 7) is 0.0816. The molecule has 2 aromatic rings. The van der Waals surface area contributed by atoms with E-state index in [-0.39, 0.29) is 25.4 Å². The number of hydrogen-bond donors (Lipinski definition) is 1. The topological polar surface area (TPSA) is 75.7 Å². The molecule has 2 rings (SSSR count). The van der Waals surface area contributed by atoms with Crippen molar-refractivity contribution in [1.29, 1.82) is 0 Å². The van der Waals surface area contributed by atoms with Crippen LogP contribution in [0.25, 0.3) is 0 Å². The summed E-state index contributed by atoms with van der Waals surface area (Å²) in [4.78, 5) is 12.2. The van der Waals surface area contributed by atoms with E-state index in [1.807, 2.05) is 0 Å². The molecule has 140 valence electrons. The van der Waals surface area contributed by atoms with Crippen LogP contribution in [0.15, 0.2) is 48.5 Å². The van der Waals surface area contributed by atoms with Gasteiger partial charge >= 0.3 is 0 Å². The Labute approximate surface area is 152 Å². The zero-order valence-electron chi connectivity index (χ0n) is 14.6. The molecule has 0 aliphatic heterocycles. The van der Waals surface area contributed by atoms with Crippen molar-refractivity contribution in [2.75, 3.05) is 25.2 Å². The summed E-state index contributed by atoms with van der Waals surface area (Å²) in [7, 11) is -2.02. The zero-order valence-corrected chi connectivity index (χ0v) is 15.4. The fourth-order valence-electron chi connectivity index (χ4n) is 2.34. The number of hydrogen-bond acceptors (Lipinski definition) is 4. The fourth-order valence-corrected chi connectivity index (χ4v) is 3.15. The number of nitrogens with zero attached hydrogens (tertiary/aromatic N) is 1. The van der Waals surface area contributed by atoms with E-state index in [2.05, 4.69) is 5.32 Å². The Morgan fingerprint density at radius 3 is 2.42 bits per heavy atom. The summed E-state index contributed by atoms with van der Waals surface area (Å²) in [5.74, 6) is -0.203. The van der Waals surface area contributed by atoms with Crippen molar-refractivity contribution < 1.29 is 22.3 Å². The molecule has 0 radical (unpaired) electrons. The lowest BCUT2D eigenvalue weighted by Crippen LogP contribution is -2.32. The van der Waals surface area contributed by atoms with E-state index in [0.29, 0.717) is 17.0 Å². The van der Waals surface area contributed by atoms with Gasteiger partial charge in [-0.2, -0.15) is 4.31 Å². The largest absolute Gasteiger partial charge is 0.495 e. The van der Waals surface area contributed by atoms with E-state index in [0.717, 1.165) is 6.26 Å². The molecule has 8 heteroatoms. The van der Waals surface area contributed by atoms with Crippen molar-refractivity contribution in [2.24, 2.45) is 0 Å². The summed E-state index contributed by atoms with van der Waals surface area (Å²) >= 11 is 0. The van der Waals surface area contributed by atoms with Crippen molar-refractivity contribution in [3.63, 3.8) is 0 Å². The van der Waals surface area contributed by atoms with Crippen LogP contribution in [0.1, 0.15) is 12.0 Å². The number of carbonyl (C=O) groups excluding carboxylic acids is 1. The van der Waals surface area contributed by atoms with Crippen LogP contribution >= 0.6 is 0 Å². The number of ether oxygens (including phenoxy) is 1. The first-order valence-electron chi connectivity index (χ1n) is 7.92. The number of benzene rings is 2. The Morgan fingerprint density at radius 2 is 1.81 bits per heavy atom. The van der Waals surface area contributed by atoms with Crippen LogP contribution < -0.4 is 10.1 Å². The Kier molecular flexibility index (Phi) is 6.70. The van der Waals surface area contributed by atoms with Crippen LogP contribution in [0.5, 0.6) is 5.75 Å². The number of carbonyl (C=O) groups is 1. The number of sulfonamides is 1. The molecule has 0 fully saturated rings. The van der Waals surface area contributed by atoms with Gasteiger partial charge < -0.3 is 10.1 Å². The summed E-state index contributed by atoms with van der Waals surface area (Å²) in [6, 6.07) is 12.5. The van der Waals surface area contributed by atoms with Gasteiger partial charge in [-0.05, 0) is 29.8 Å². The van der Waals surface area contributed by atoms with E-state index >= 15 is 0 Å². The summed E-state index contributed by atoms with van der Waals surface area (Å²) < 4.78 is 43.3. The van der Waals surface area contributed by atoms with Gasteiger partial charge in [0.1, 0.15) is 11.6 Å². The minimum absolute atomic E-state index is 0.0111. The fraction of sp³-hybridized carbons (Fsp3) is 0.278. The number of halogens is 1. The molecule has 6 nitrogen and oxygen atoms in total. The van der Waals surface area contributed by atoms with Gasteiger partial charge in [-0.15, -0.1) is 0 Å². The molecular weight excluding hydrogens is 359 g/mol. The molecule has 1 N–H and O–H groups in total. The first kappa shape index (κ1) is 19.9. The van der Waals surface area contributed by atoms with E-state index in [1.54, 1.807) is 24.3 Å². The third-order valence-corrected chi connectivity index (χ3v) is 4.96. The van der Waals surface area contributed by atoms with E-state index in [4.69, 9.17) is 4.74 Å². The minimum Gasteiger partial charge on any atom is -0.495 e. The normalized spacial score (nSPS) is 11.4. The molecule has 0 bridgehead atoms. The highest BCUT2D eigenvalue weighted by Gasteiger charge is 2.19. The van der Waals surface area contributed by atoms with Gasteiger partial charge in [-0.3, -0.25) is 4.79 Å². The molecule has 0 saturated carbocycles. The Hall–Kier alpha value is -2.45. The highest BCUT2D eigenvalue weighted by atomic mass is 32.2. The molecule has 1 amide bonds. The average molecular weight is 380 g/mol. The first-order valence-corrected chi connectivity index (χ1v) is 9.77. The van der Waals surface area contributed by atoms with Crippen molar-refractivity contribution in [3.05, 3.63) is 59.9 Å². The van der Waals surface area contributed by atoms with Gasteiger partial charge in [0.05, 0.1) is 19.1 Å². The van der Waals surface area contributed by atoms with Crippen LogP contribution in [0.2, 0.25) is 0 Å². The Morgan fingerprint density at radius 1 is 1.15 bits per heavy atom. The quantitative estimate of drug-likeness (QED) is 0.764. The van der Waals surface area contributed by atoms with Gasteiger partial charge in [0, 0.05) is 19.5 Å². The van der Waals surface area contributed by atoms with Crippen molar-refractivity contribution in [3.8, 4) is 5.75 Å². The second-order valence-electron chi connectivity index (χ2n) is 5.72. The van der Waals surface area contributed by atoms with Gasteiger partial charge in [0.2, 0.25) is 15.9 Å². The van der Waals surface area contributed by atoms with E-state index in [1.165, 1.54) is 35.7 Å². The van der Waals surface area contributed by atoms with Crippen molar-refractivity contribution in [1.82, 2.24) is 4.31 Å². The van der Waals surface area contributed by atoms with Crippen LogP contribution in [0, 0.1) is 5.82 Å². The molecule has 0 aliphatic rings. The summed E-state index contributed by atoms with van der Waals surface area (Å²) in [5.41, 5.74) is 1.16. The second kappa shape index (κ2) is 8.77. The van der Waals surface area contributed by atoms with Crippen LogP contribution in [-0.4, -0.2) is 38.5 Å². The molecule has 0 spiro atoms. The number of amides is 1. The highest BCUT2D eigenvalue weighted by Crippen LogP contribution is 2.23. The number of methoxy groups -OCH3 is 1. The summed E-state index contributed by atoms with van der Waals surface area (Å²) in [6.07, 6.45) is 1.06. The van der Waals surface area contributed by atoms with Gasteiger partial charge in [0.15, 0.2) is 0 Å². The lowest BCUT2D eigenvalue weighted by molar-refractivity contribution is -0.116. The van der Waals surface area contributed by atoms with Gasteiger partial charge in [-0.1, -0.05) is 24.3 Å². The molecule has 0 heterocycles. The standard InChI is InChI=1S/C18H21FN2O4S/c1-25-17-6-4-3-5-16(17)20-18(22)11-12-21(26(2,23)24)13-14-7-9-15(19)10-8-14/h3-10H,11-13H2,1-2H3,(H,20,22). The Bertz CT molecular complexity index is 854. The molecule has 0 aromatic heterocycles. The van der Waals surface area contributed by atoms with Crippen molar-refractivity contribution >= 4 is 21.6 Å². The molecule has 2 aromatic carbocycles. The maximum absolute atomic E-state index is 13.0. The Balaban J connectivity index is 2.00. The number of rotatable bonds is 8. The predicted octanol–water partition coefficient (Wildman–Crippen LogP) is 2.62. The minimum atomic E-state index is -3.52. The summed E-state index contributed by atoms with van der Waals surface area (Å²) in [5, 5.41) is 2.70. The van der Waals surface area contributed by atoms with Crippen LogP contribution in [0.4, 0.5) is 10.1 Å². The SMILES string of the molecule is COc1ccccc1NC(=O)CCN(Cc1ccc(F)cc1)S(C)(=O)=O.